The number of pyridine rings is 1. The zero-order chi connectivity index (χ0) is 21.1. The molecule has 0 aliphatic carbocycles. The minimum absolute atomic E-state index is 0.171. The minimum Gasteiger partial charge on any atom is -0.381 e. The molecule has 0 unspecified atom stereocenters. The van der Waals surface area contributed by atoms with Crippen LogP contribution in [-0.2, 0) is 22.1 Å². The molecule has 0 saturated carbocycles. The Labute approximate surface area is 179 Å². The van der Waals surface area contributed by atoms with Gasteiger partial charge in [-0.2, -0.15) is 0 Å². The van der Waals surface area contributed by atoms with Crippen molar-refractivity contribution in [3.63, 3.8) is 0 Å². The van der Waals surface area contributed by atoms with Gasteiger partial charge >= 0.3 is 0 Å². The van der Waals surface area contributed by atoms with Crippen LogP contribution in [0.5, 0.6) is 0 Å². The van der Waals surface area contributed by atoms with E-state index in [1.165, 1.54) is 23.5 Å². The fourth-order valence-electron chi connectivity index (χ4n) is 3.66. The number of aryl methyl sites for hydroxylation is 1. The Balaban J connectivity index is 1.44. The van der Waals surface area contributed by atoms with Gasteiger partial charge in [0.15, 0.2) is 9.84 Å². The predicted molar refractivity (Wildman–Crippen MR) is 116 cm³/mol. The number of anilines is 1. The number of benzene rings is 1. The summed E-state index contributed by atoms with van der Waals surface area (Å²) in [7, 11) is -3.80. The lowest BCUT2D eigenvalue weighted by Crippen LogP contribution is -2.26. The molecule has 1 atom stereocenters. The second kappa shape index (κ2) is 8.79. The van der Waals surface area contributed by atoms with Gasteiger partial charge in [0.05, 0.1) is 22.7 Å². The van der Waals surface area contributed by atoms with Crippen LogP contribution in [0.1, 0.15) is 23.4 Å². The van der Waals surface area contributed by atoms with E-state index in [0.29, 0.717) is 16.9 Å². The van der Waals surface area contributed by atoms with E-state index in [1.807, 2.05) is 18.2 Å². The molecule has 0 bridgehead atoms. The van der Waals surface area contributed by atoms with Crippen LogP contribution >= 0.6 is 11.3 Å². The van der Waals surface area contributed by atoms with Crippen molar-refractivity contribution in [3.8, 4) is 0 Å². The quantitative estimate of drug-likeness (QED) is 0.597. The second-order valence-electron chi connectivity index (χ2n) is 7.52. The molecule has 4 rings (SSSR count). The Bertz CT molecular complexity index is 1110. The summed E-state index contributed by atoms with van der Waals surface area (Å²) in [6.07, 6.45) is 2.72. The van der Waals surface area contributed by atoms with E-state index in [-0.39, 0.29) is 16.7 Å². The topological polar surface area (TPSA) is 75.2 Å². The lowest BCUT2D eigenvalue weighted by Gasteiger charge is -2.19. The van der Waals surface area contributed by atoms with E-state index in [0.717, 1.165) is 31.7 Å². The van der Waals surface area contributed by atoms with Gasteiger partial charge < -0.3 is 5.32 Å². The van der Waals surface area contributed by atoms with Gasteiger partial charge in [0.1, 0.15) is 10.7 Å². The van der Waals surface area contributed by atoms with Gasteiger partial charge in [-0.05, 0) is 43.2 Å². The largest absolute Gasteiger partial charge is 0.381 e. The van der Waals surface area contributed by atoms with E-state index in [4.69, 9.17) is 0 Å². The number of hydrogen-bond donors (Lipinski definition) is 1. The normalized spacial score (nSPS) is 17.3. The van der Waals surface area contributed by atoms with Crippen molar-refractivity contribution in [3.05, 3.63) is 70.2 Å². The number of likely N-dealkylation sites (tertiary alicyclic amines) is 1. The van der Waals surface area contributed by atoms with Gasteiger partial charge in [-0.1, -0.05) is 6.07 Å². The molecule has 1 fully saturated rings. The summed E-state index contributed by atoms with van der Waals surface area (Å²) in [5.74, 6) is -1.04. The Morgan fingerprint density at radius 2 is 2.13 bits per heavy atom. The summed E-state index contributed by atoms with van der Waals surface area (Å²) in [6.45, 7) is 4.32. The van der Waals surface area contributed by atoms with E-state index in [9.17, 15) is 12.8 Å². The highest BCUT2D eigenvalue weighted by Gasteiger charge is 2.25. The minimum atomic E-state index is -3.80. The Kier molecular flexibility index (Phi) is 6.12. The highest BCUT2D eigenvalue weighted by Crippen LogP contribution is 2.27. The molecule has 30 heavy (non-hydrogen) atoms. The number of hydrogen-bond acceptors (Lipinski definition) is 7. The van der Waals surface area contributed by atoms with Gasteiger partial charge in [-0.25, -0.2) is 17.8 Å². The highest BCUT2D eigenvalue weighted by molar-refractivity contribution is 7.90. The van der Waals surface area contributed by atoms with E-state index in [1.54, 1.807) is 24.0 Å². The van der Waals surface area contributed by atoms with Crippen LogP contribution in [0, 0.1) is 12.7 Å². The van der Waals surface area contributed by atoms with Crippen LogP contribution in [0.4, 0.5) is 10.1 Å². The first kappa shape index (κ1) is 20.9. The molecular formula is C21H23FN4O2S2. The molecule has 1 aromatic carbocycles. The lowest BCUT2D eigenvalue weighted by molar-refractivity contribution is 0.324. The molecule has 0 amide bonds. The van der Waals surface area contributed by atoms with E-state index in [2.05, 4.69) is 20.2 Å². The molecule has 6 nitrogen and oxygen atoms in total. The molecule has 1 aliphatic rings. The van der Waals surface area contributed by atoms with Gasteiger partial charge in [0.25, 0.3) is 0 Å². The SMILES string of the molecule is Cc1cc(S(=O)(=O)Cc2cscn2)c(F)cc1N[C@H]1CCN(Cc2ccccn2)C1. The monoisotopic (exact) mass is 446 g/mol. The average Bonchev–Trinajstić information content (AvgIpc) is 3.37. The molecule has 3 heterocycles. The molecule has 2 aromatic heterocycles. The lowest BCUT2D eigenvalue weighted by atomic mass is 10.1. The Hall–Kier alpha value is -2.36. The molecule has 9 heteroatoms. The number of aromatic nitrogens is 2. The van der Waals surface area contributed by atoms with Crippen molar-refractivity contribution < 1.29 is 12.8 Å². The molecule has 1 saturated heterocycles. The maximum absolute atomic E-state index is 14.7. The van der Waals surface area contributed by atoms with Crippen molar-refractivity contribution in [2.75, 3.05) is 18.4 Å². The van der Waals surface area contributed by atoms with Crippen LogP contribution < -0.4 is 5.32 Å². The van der Waals surface area contributed by atoms with Crippen molar-refractivity contribution in [1.82, 2.24) is 14.9 Å². The zero-order valence-electron chi connectivity index (χ0n) is 16.6. The summed E-state index contributed by atoms with van der Waals surface area (Å²) in [5.41, 5.74) is 4.35. The van der Waals surface area contributed by atoms with Gasteiger partial charge in [0.2, 0.25) is 0 Å². The third kappa shape index (κ3) is 4.85. The van der Waals surface area contributed by atoms with Crippen LogP contribution in [0.3, 0.4) is 0 Å². The summed E-state index contributed by atoms with van der Waals surface area (Å²) >= 11 is 1.32. The van der Waals surface area contributed by atoms with Gasteiger partial charge in [-0.3, -0.25) is 9.88 Å². The summed E-state index contributed by atoms with van der Waals surface area (Å²) in [5, 5.41) is 5.04. The molecular weight excluding hydrogens is 423 g/mol. The summed E-state index contributed by atoms with van der Waals surface area (Å²) in [4.78, 5) is 10.4. The Morgan fingerprint density at radius 3 is 2.87 bits per heavy atom. The van der Waals surface area contributed by atoms with Gasteiger partial charge in [-0.15, -0.1) is 11.3 Å². The second-order valence-corrected chi connectivity index (χ2v) is 10.2. The van der Waals surface area contributed by atoms with Crippen LogP contribution in [0.15, 0.2) is 52.3 Å². The molecule has 1 N–H and O–H groups in total. The Morgan fingerprint density at radius 1 is 1.27 bits per heavy atom. The van der Waals surface area contributed by atoms with Crippen molar-refractivity contribution >= 4 is 26.9 Å². The standard InChI is InChI=1S/C21H23FN4O2S2/c1-15-8-21(30(27,28)13-18-12-29-14-24-18)19(22)9-20(15)25-17-5-7-26(11-17)10-16-4-2-3-6-23-16/h2-4,6,8-9,12,14,17,25H,5,7,10-11,13H2,1H3/t17-/m0/s1. The molecule has 0 spiro atoms. The first-order valence-electron chi connectivity index (χ1n) is 9.69. The van der Waals surface area contributed by atoms with Crippen molar-refractivity contribution in [1.29, 1.82) is 0 Å². The summed E-state index contributed by atoms with van der Waals surface area (Å²) in [6, 6.07) is 8.76. The first-order valence-corrected chi connectivity index (χ1v) is 12.3. The number of nitrogens with zero attached hydrogens (tertiary/aromatic N) is 3. The van der Waals surface area contributed by atoms with Crippen molar-refractivity contribution in [2.24, 2.45) is 0 Å². The van der Waals surface area contributed by atoms with Gasteiger partial charge in [0, 0.05) is 42.9 Å². The average molecular weight is 447 g/mol. The third-order valence-corrected chi connectivity index (χ3v) is 7.47. The fourth-order valence-corrected chi connectivity index (χ4v) is 5.74. The van der Waals surface area contributed by atoms with Crippen LogP contribution in [0.25, 0.3) is 0 Å². The number of nitrogens with one attached hydrogen (secondary N) is 1. The first-order chi connectivity index (χ1) is 14.4. The predicted octanol–water partition coefficient (Wildman–Crippen LogP) is 3.65. The van der Waals surface area contributed by atoms with Crippen molar-refractivity contribution in [2.45, 2.75) is 36.6 Å². The number of sulfone groups is 1. The highest BCUT2D eigenvalue weighted by atomic mass is 32.2. The number of halogens is 1. The smallest absolute Gasteiger partial charge is 0.187 e. The zero-order valence-corrected chi connectivity index (χ0v) is 18.2. The van der Waals surface area contributed by atoms with Crippen LogP contribution in [0.2, 0.25) is 0 Å². The van der Waals surface area contributed by atoms with E-state index >= 15 is 0 Å². The molecule has 3 aromatic rings. The summed E-state index contributed by atoms with van der Waals surface area (Å²) < 4.78 is 40.0. The third-order valence-electron chi connectivity index (χ3n) is 5.18. The maximum Gasteiger partial charge on any atom is 0.187 e. The maximum atomic E-state index is 14.7. The van der Waals surface area contributed by atoms with E-state index < -0.39 is 15.7 Å². The molecule has 1 aliphatic heterocycles. The van der Waals surface area contributed by atoms with Crippen LogP contribution in [-0.4, -0.2) is 42.4 Å². The fraction of sp³-hybridized carbons (Fsp3) is 0.333. The number of thiazole rings is 1. The molecule has 158 valence electrons. The molecule has 0 radical (unpaired) electrons. The number of rotatable bonds is 7.